The summed E-state index contributed by atoms with van der Waals surface area (Å²) in [6, 6.07) is 6.65. The summed E-state index contributed by atoms with van der Waals surface area (Å²) in [5.74, 6) is 0.652. The molecule has 1 fully saturated rings. The zero-order chi connectivity index (χ0) is 22.6. The largest absolute Gasteiger partial charge is 0.490 e. The molecule has 1 aromatic heterocycles. The van der Waals surface area contributed by atoms with E-state index in [1.54, 1.807) is 29.2 Å². The van der Waals surface area contributed by atoms with E-state index in [1.807, 2.05) is 20.8 Å². The lowest BCUT2D eigenvalue weighted by Gasteiger charge is -2.33. The van der Waals surface area contributed by atoms with E-state index in [4.69, 9.17) is 21.1 Å². The molecule has 1 amide bonds. The topological polar surface area (TPSA) is 76.2 Å². The molecule has 1 aliphatic rings. The molecule has 2 aromatic rings. The van der Waals surface area contributed by atoms with Crippen LogP contribution in [0.2, 0.25) is 5.02 Å². The first-order valence-corrected chi connectivity index (χ1v) is 12.9. The van der Waals surface area contributed by atoms with Crippen LogP contribution in [0.15, 0.2) is 28.5 Å². The average molecular weight is 487 g/mol. The minimum atomic E-state index is -3.53. The first kappa shape index (κ1) is 23.8. The monoisotopic (exact) mass is 486 g/mol. The fraction of sp³-hybridized carbons (Fsp3) is 0.476. The minimum absolute atomic E-state index is 0.214. The van der Waals surface area contributed by atoms with Crippen LogP contribution >= 0.6 is 22.9 Å². The molecule has 0 unspecified atom stereocenters. The number of halogens is 1. The summed E-state index contributed by atoms with van der Waals surface area (Å²) in [5, 5.41) is 0.317. The van der Waals surface area contributed by atoms with E-state index < -0.39 is 10.0 Å². The molecule has 1 saturated heterocycles. The molecule has 0 atom stereocenters. The molecular weight excluding hydrogens is 460 g/mol. The van der Waals surface area contributed by atoms with Crippen LogP contribution in [0.4, 0.5) is 0 Å². The van der Waals surface area contributed by atoms with Gasteiger partial charge in [0.1, 0.15) is 4.21 Å². The third-order valence-electron chi connectivity index (χ3n) is 4.84. The van der Waals surface area contributed by atoms with Crippen molar-refractivity contribution in [2.45, 2.75) is 31.4 Å². The van der Waals surface area contributed by atoms with E-state index in [9.17, 15) is 13.2 Å². The van der Waals surface area contributed by atoms with Gasteiger partial charge in [0.05, 0.1) is 18.2 Å². The molecule has 10 heteroatoms. The molecular formula is C21H27ClN2O5S2. The van der Waals surface area contributed by atoms with Gasteiger partial charge in [-0.3, -0.25) is 4.79 Å². The predicted octanol–water partition coefficient (Wildman–Crippen LogP) is 4.04. The maximum Gasteiger partial charge on any atom is 0.254 e. The van der Waals surface area contributed by atoms with Gasteiger partial charge in [-0.15, -0.1) is 11.3 Å². The van der Waals surface area contributed by atoms with Gasteiger partial charge < -0.3 is 14.4 Å². The molecule has 0 bridgehead atoms. The van der Waals surface area contributed by atoms with Crippen molar-refractivity contribution in [2.24, 2.45) is 0 Å². The fourth-order valence-corrected chi connectivity index (χ4v) is 6.42. The van der Waals surface area contributed by atoms with Gasteiger partial charge in [-0.2, -0.15) is 4.31 Å². The number of carbonyl (C=O) groups excluding carboxylic acids is 1. The lowest BCUT2D eigenvalue weighted by molar-refractivity contribution is 0.0697. The minimum Gasteiger partial charge on any atom is -0.490 e. The molecule has 0 N–H and O–H groups in total. The van der Waals surface area contributed by atoms with Crippen molar-refractivity contribution >= 4 is 38.9 Å². The van der Waals surface area contributed by atoms with Crippen LogP contribution in [0.25, 0.3) is 0 Å². The van der Waals surface area contributed by atoms with Gasteiger partial charge in [0, 0.05) is 36.6 Å². The Labute approximate surface area is 192 Å². The smallest absolute Gasteiger partial charge is 0.254 e. The fourth-order valence-electron chi connectivity index (χ4n) is 3.29. The Morgan fingerprint density at radius 1 is 1.13 bits per heavy atom. The van der Waals surface area contributed by atoms with Crippen molar-refractivity contribution < 1.29 is 22.7 Å². The number of aryl methyl sites for hydroxylation is 1. The van der Waals surface area contributed by atoms with Gasteiger partial charge in [-0.25, -0.2) is 8.42 Å². The Morgan fingerprint density at radius 2 is 1.84 bits per heavy atom. The number of thiophene rings is 1. The Bertz CT molecular complexity index is 1030. The van der Waals surface area contributed by atoms with Gasteiger partial charge in [-0.1, -0.05) is 18.5 Å². The highest BCUT2D eigenvalue weighted by molar-refractivity contribution is 7.91. The third kappa shape index (κ3) is 5.34. The average Bonchev–Trinajstić information content (AvgIpc) is 3.20. The Balaban J connectivity index is 1.73. The zero-order valence-corrected chi connectivity index (χ0v) is 20.3. The van der Waals surface area contributed by atoms with E-state index in [2.05, 4.69) is 0 Å². The second kappa shape index (κ2) is 10.2. The number of ether oxygens (including phenoxy) is 2. The summed E-state index contributed by atoms with van der Waals surface area (Å²) < 4.78 is 38.7. The number of hydrogen-bond acceptors (Lipinski definition) is 6. The Morgan fingerprint density at radius 3 is 2.42 bits per heavy atom. The quantitative estimate of drug-likeness (QED) is 0.562. The van der Waals surface area contributed by atoms with Gasteiger partial charge in [0.25, 0.3) is 15.9 Å². The van der Waals surface area contributed by atoms with Gasteiger partial charge in [0.15, 0.2) is 11.5 Å². The second-order valence-electron chi connectivity index (χ2n) is 7.13. The van der Waals surface area contributed by atoms with Crippen LogP contribution in [-0.4, -0.2) is 62.9 Å². The van der Waals surface area contributed by atoms with E-state index in [-0.39, 0.29) is 19.0 Å². The summed E-state index contributed by atoms with van der Waals surface area (Å²) in [4.78, 5) is 15.7. The van der Waals surface area contributed by atoms with Crippen molar-refractivity contribution in [3.05, 3.63) is 39.7 Å². The Hall–Kier alpha value is -1.81. The first-order chi connectivity index (χ1) is 14.8. The number of piperazine rings is 1. The summed E-state index contributed by atoms with van der Waals surface area (Å²) in [7, 11) is -3.53. The van der Waals surface area contributed by atoms with E-state index in [0.717, 1.165) is 11.3 Å². The Kier molecular flexibility index (Phi) is 7.85. The van der Waals surface area contributed by atoms with Crippen LogP contribution in [0.3, 0.4) is 0 Å². The maximum absolute atomic E-state index is 13.1. The van der Waals surface area contributed by atoms with E-state index in [0.29, 0.717) is 52.6 Å². The molecule has 31 heavy (non-hydrogen) atoms. The summed E-state index contributed by atoms with van der Waals surface area (Å²) in [6.07, 6.45) is 0.820. The van der Waals surface area contributed by atoms with Gasteiger partial charge in [0.2, 0.25) is 0 Å². The van der Waals surface area contributed by atoms with Crippen LogP contribution in [0.5, 0.6) is 11.5 Å². The van der Waals surface area contributed by atoms with Gasteiger partial charge in [-0.05, 0) is 44.5 Å². The maximum atomic E-state index is 13.1. The number of nitrogens with zero attached hydrogens (tertiary/aromatic N) is 2. The molecule has 1 aliphatic heterocycles. The number of sulfonamides is 1. The normalized spacial score (nSPS) is 15.2. The standard InChI is InChI=1S/C21H27ClN2O5S2/c1-4-12-29-20-17(22)13-16(14-18(20)28-5-2)21(25)23-8-10-24(11-9-23)31(26,27)19-7-6-15(3)30-19/h6-7,13-14H,4-5,8-12H2,1-3H3. The van der Waals surface area contributed by atoms with E-state index >= 15 is 0 Å². The zero-order valence-electron chi connectivity index (χ0n) is 17.9. The SMILES string of the molecule is CCCOc1c(Cl)cc(C(=O)N2CCN(S(=O)(=O)c3ccc(C)s3)CC2)cc1OCC. The molecule has 0 saturated carbocycles. The predicted molar refractivity (Wildman–Crippen MR) is 122 cm³/mol. The number of amides is 1. The summed E-state index contributed by atoms with van der Waals surface area (Å²) in [6.45, 7) is 7.72. The van der Waals surface area contributed by atoms with Crippen LogP contribution < -0.4 is 9.47 Å². The molecule has 3 rings (SSSR count). The number of rotatable bonds is 8. The van der Waals surface area contributed by atoms with Crippen molar-refractivity contribution in [3.8, 4) is 11.5 Å². The first-order valence-electron chi connectivity index (χ1n) is 10.2. The summed E-state index contributed by atoms with van der Waals surface area (Å²) in [5.41, 5.74) is 0.391. The molecule has 0 aliphatic carbocycles. The lowest BCUT2D eigenvalue weighted by Crippen LogP contribution is -2.50. The highest BCUT2D eigenvalue weighted by atomic mass is 35.5. The highest BCUT2D eigenvalue weighted by Crippen LogP contribution is 2.37. The third-order valence-corrected chi connectivity index (χ3v) is 8.49. The molecule has 170 valence electrons. The van der Waals surface area contributed by atoms with Crippen LogP contribution in [-0.2, 0) is 10.0 Å². The molecule has 0 radical (unpaired) electrons. The van der Waals surface area contributed by atoms with Crippen molar-refractivity contribution in [3.63, 3.8) is 0 Å². The summed E-state index contributed by atoms with van der Waals surface area (Å²) >= 11 is 7.64. The van der Waals surface area contributed by atoms with Gasteiger partial charge >= 0.3 is 0 Å². The van der Waals surface area contributed by atoms with Crippen molar-refractivity contribution in [1.82, 2.24) is 9.21 Å². The van der Waals surface area contributed by atoms with Crippen molar-refractivity contribution in [1.29, 1.82) is 0 Å². The molecule has 0 spiro atoms. The highest BCUT2D eigenvalue weighted by Gasteiger charge is 2.31. The number of hydrogen-bond donors (Lipinski definition) is 0. The second-order valence-corrected chi connectivity index (χ2v) is 11.0. The van der Waals surface area contributed by atoms with Crippen LogP contribution in [0, 0.1) is 6.92 Å². The molecule has 1 aromatic carbocycles. The molecule has 7 nitrogen and oxygen atoms in total. The van der Waals surface area contributed by atoms with Crippen molar-refractivity contribution in [2.75, 3.05) is 39.4 Å². The molecule has 2 heterocycles. The van der Waals surface area contributed by atoms with Crippen LogP contribution in [0.1, 0.15) is 35.5 Å². The lowest BCUT2D eigenvalue weighted by atomic mass is 10.1. The number of carbonyl (C=O) groups is 1. The van der Waals surface area contributed by atoms with E-state index in [1.165, 1.54) is 15.6 Å². The number of benzene rings is 1.